The normalized spacial score (nSPS) is 19.0. The predicted octanol–water partition coefficient (Wildman–Crippen LogP) is 1.58. The summed E-state index contributed by atoms with van der Waals surface area (Å²) in [5.41, 5.74) is 0. The average molecular weight is 292 g/mol. The highest BCUT2D eigenvalue weighted by Gasteiger charge is 2.21. The van der Waals surface area contributed by atoms with E-state index in [1.165, 1.54) is 0 Å². The molecule has 1 aliphatic rings. The largest absolute Gasteiger partial charge is 0.493 e. The van der Waals surface area contributed by atoms with Gasteiger partial charge in [0.1, 0.15) is 0 Å². The fraction of sp³-hybridized carbons (Fsp3) is 0.562. The zero-order chi connectivity index (χ0) is 15.1. The third-order valence-corrected chi connectivity index (χ3v) is 3.59. The lowest BCUT2D eigenvalue weighted by atomic mass is 10.1. The van der Waals surface area contributed by atoms with Crippen LogP contribution in [-0.2, 0) is 4.79 Å². The van der Waals surface area contributed by atoms with E-state index in [1.54, 1.807) is 7.11 Å². The number of ether oxygens (including phenoxy) is 2. The van der Waals surface area contributed by atoms with Crippen molar-refractivity contribution in [3.63, 3.8) is 0 Å². The van der Waals surface area contributed by atoms with E-state index in [9.17, 15) is 4.79 Å². The maximum atomic E-state index is 11.9. The second-order valence-corrected chi connectivity index (χ2v) is 5.46. The van der Waals surface area contributed by atoms with Crippen molar-refractivity contribution in [2.45, 2.75) is 25.8 Å². The Labute approximate surface area is 126 Å². The molecule has 0 bridgehead atoms. The number of para-hydroxylation sites is 2. The lowest BCUT2D eigenvalue weighted by Gasteiger charge is -2.17. The van der Waals surface area contributed by atoms with Gasteiger partial charge in [-0.2, -0.15) is 0 Å². The van der Waals surface area contributed by atoms with Crippen molar-refractivity contribution < 1.29 is 14.3 Å². The van der Waals surface area contributed by atoms with Crippen LogP contribution >= 0.6 is 0 Å². The zero-order valence-corrected chi connectivity index (χ0v) is 12.7. The number of nitrogens with one attached hydrogen (secondary N) is 2. The maximum Gasteiger partial charge on any atom is 0.237 e. The van der Waals surface area contributed by atoms with Crippen LogP contribution in [0.2, 0.25) is 0 Å². The van der Waals surface area contributed by atoms with E-state index in [-0.39, 0.29) is 17.9 Å². The molecule has 1 fully saturated rings. The van der Waals surface area contributed by atoms with E-state index >= 15 is 0 Å². The molecule has 0 radical (unpaired) electrons. The summed E-state index contributed by atoms with van der Waals surface area (Å²) < 4.78 is 11.0. The van der Waals surface area contributed by atoms with Crippen LogP contribution in [-0.4, -0.2) is 38.8 Å². The zero-order valence-electron chi connectivity index (χ0n) is 12.7. The molecule has 1 aromatic rings. The van der Waals surface area contributed by atoms with Gasteiger partial charge >= 0.3 is 0 Å². The molecule has 0 saturated carbocycles. The van der Waals surface area contributed by atoms with Crippen LogP contribution in [0.4, 0.5) is 0 Å². The Morgan fingerprint density at radius 1 is 1.43 bits per heavy atom. The van der Waals surface area contributed by atoms with Gasteiger partial charge < -0.3 is 20.1 Å². The minimum Gasteiger partial charge on any atom is -0.493 e. The van der Waals surface area contributed by atoms with Crippen molar-refractivity contribution in [2.24, 2.45) is 5.92 Å². The first-order valence-corrected chi connectivity index (χ1v) is 7.47. The summed E-state index contributed by atoms with van der Waals surface area (Å²) in [6.45, 7) is 4.15. The average Bonchev–Trinajstić information content (AvgIpc) is 3.05. The molecule has 0 aliphatic carbocycles. The quantitative estimate of drug-likeness (QED) is 0.801. The highest BCUT2D eigenvalue weighted by atomic mass is 16.5. The predicted molar refractivity (Wildman–Crippen MR) is 81.7 cm³/mol. The fourth-order valence-electron chi connectivity index (χ4n) is 2.34. The number of benzene rings is 1. The molecule has 2 N–H and O–H groups in total. The van der Waals surface area contributed by atoms with Crippen LogP contribution in [0.1, 0.15) is 19.8 Å². The smallest absolute Gasteiger partial charge is 0.237 e. The van der Waals surface area contributed by atoms with E-state index < -0.39 is 0 Å². The fourth-order valence-corrected chi connectivity index (χ4v) is 2.34. The van der Waals surface area contributed by atoms with E-state index in [0.29, 0.717) is 13.2 Å². The minimum absolute atomic E-state index is 0.0210. The van der Waals surface area contributed by atoms with Crippen LogP contribution in [0.15, 0.2) is 24.3 Å². The number of carbonyl (C=O) groups excluding carboxylic acids is 1. The van der Waals surface area contributed by atoms with Crippen LogP contribution in [0, 0.1) is 5.92 Å². The van der Waals surface area contributed by atoms with Crippen LogP contribution in [0.25, 0.3) is 0 Å². The Hall–Kier alpha value is -1.75. The molecule has 0 spiro atoms. The van der Waals surface area contributed by atoms with Crippen LogP contribution in [0.5, 0.6) is 11.5 Å². The molecule has 116 valence electrons. The van der Waals surface area contributed by atoms with Crippen molar-refractivity contribution in [3.8, 4) is 11.5 Å². The Kier molecular flexibility index (Phi) is 5.87. The molecule has 1 aromatic carbocycles. The van der Waals surface area contributed by atoms with Crippen molar-refractivity contribution >= 4 is 5.91 Å². The summed E-state index contributed by atoms with van der Waals surface area (Å²) in [5, 5.41) is 6.17. The van der Waals surface area contributed by atoms with Gasteiger partial charge in [0.2, 0.25) is 5.91 Å². The minimum atomic E-state index is -0.0210. The number of methoxy groups -OCH3 is 1. The first-order chi connectivity index (χ1) is 10.2. The van der Waals surface area contributed by atoms with Gasteiger partial charge in [-0.3, -0.25) is 4.79 Å². The summed E-state index contributed by atoms with van der Waals surface area (Å²) in [6.07, 6.45) is 2.00. The Balaban J connectivity index is 1.71. The molecule has 5 heteroatoms. The molecule has 1 heterocycles. The second kappa shape index (κ2) is 7.88. The standard InChI is InChI=1S/C16H24N2O3/c1-12(10-18-16(19)13-6-5-9-17-13)11-21-15-8-4-3-7-14(15)20-2/h3-4,7-8,12-13,17H,5-6,9-11H2,1-2H3,(H,18,19)/t12-,13+/m0/s1. The van der Waals surface area contributed by atoms with Crippen molar-refractivity contribution in [3.05, 3.63) is 24.3 Å². The van der Waals surface area contributed by atoms with E-state index in [2.05, 4.69) is 17.6 Å². The molecule has 0 unspecified atom stereocenters. The Morgan fingerprint density at radius 3 is 2.86 bits per heavy atom. The Morgan fingerprint density at radius 2 is 2.19 bits per heavy atom. The van der Waals surface area contributed by atoms with Crippen LogP contribution in [0.3, 0.4) is 0 Å². The van der Waals surface area contributed by atoms with E-state index in [0.717, 1.165) is 30.9 Å². The van der Waals surface area contributed by atoms with Gasteiger partial charge in [0.25, 0.3) is 0 Å². The van der Waals surface area contributed by atoms with Gasteiger partial charge in [0.05, 0.1) is 19.8 Å². The Bertz CT molecular complexity index is 459. The van der Waals surface area contributed by atoms with Gasteiger partial charge in [-0.05, 0) is 31.5 Å². The highest BCUT2D eigenvalue weighted by molar-refractivity contribution is 5.81. The van der Waals surface area contributed by atoms with Gasteiger partial charge in [-0.25, -0.2) is 0 Å². The summed E-state index contributed by atoms with van der Waals surface area (Å²) in [5.74, 6) is 1.79. The molecule has 2 rings (SSSR count). The van der Waals surface area contributed by atoms with Gasteiger partial charge in [0, 0.05) is 12.5 Å². The monoisotopic (exact) mass is 292 g/mol. The number of hydrogen-bond donors (Lipinski definition) is 2. The van der Waals surface area contributed by atoms with E-state index in [1.807, 2.05) is 24.3 Å². The lowest BCUT2D eigenvalue weighted by molar-refractivity contribution is -0.123. The molecule has 0 aromatic heterocycles. The topological polar surface area (TPSA) is 59.6 Å². The molecule has 1 saturated heterocycles. The third-order valence-electron chi connectivity index (χ3n) is 3.59. The SMILES string of the molecule is COc1ccccc1OC[C@@H](C)CNC(=O)[C@H]1CCCN1. The molecule has 2 atom stereocenters. The molecular formula is C16H24N2O3. The van der Waals surface area contributed by atoms with Gasteiger partial charge in [-0.1, -0.05) is 19.1 Å². The first-order valence-electron chi connectivity index (χ1n) is 7.47. The maximum absolute atomic E-state index is 11.9. The lowest BCUT2D eigenvalue weighted by Crippen LogP contribution is -2.42. The molecular weight excluding hydrogens is 268 g/mol. The van der Waals surface area contributed by atoms with E-state index in [4.69, 9.17) is 9.47 Å². The van der Waals surface area contributed by atoms with Crippen LogP contribution < -0.4 is 20.1 Å². The van der Waals surface area contributed by atoms with Gasteiger partial charge in [0.15, 0.2) is 11.5 Å². The summed E-state index contributed by atoms with van der Waals surface area (Å²) >= 11 is 0. The number of hydrogen-bond acceptors (Lipinski definition) is 4. The van der Waals surface area contributed by atoms with Crippen molar-refractivity contribution in [2.75, 3.05) is 26.8 Å². The highest BCUT2D eigenvalue weighted by Crippen LogP contribution is 2.26. The van der Waals surface area contributed by atoms with Gasteiger partial charge in [-0.15, -0.1) is 0 Å². The number of carbonyl (C=O) groups is 1. The third kappa shape index (κ3) is 4.63. The summed E-state index contributed by atoms with van der Waals surface area (Å²) in [7, 11) is 1.63. The molecule has 1 aliphatic heterocycles. The first kappa shape index (κ1) is 15.6. The number of rotatable bonds is 7. The second-order valence-electron chi connectivity index (χ2n) is 5.46. The summed E-state index contributed by atoms with van der Waals surface area (Å²) in [4.78, 5) is 11.9. The molecule has 5 nitrogen and oxygen atoms in total. The summed E-state index contributed by atoms with van der Waals surface area (Å²) in [6, 6.07) is 7.55. The number of amides is 1. The van der Waals surface area contributed by atoms with Crippen molar-refractivity contribution in [1.82, 2.24) is 10.6 Å². The molecule has 1 amide bonds. The molecule has 21 heavy (non-hydrogen) atoms. The van der Waals surface area contributed by atoms with Crippen molar-refractivity contribution in [1.29, 1.82) is 0 Å².